The second-order valence-corrected chi connectivity index (χ2v) is 17.0. The van der Waals surface area contributed by atoms with Crippen LogP contribution in [0.2, 0.25) is 0 Å². The minimum atomic E-state index is 0. The Balaban J connectivity index is 0.000000298. The number of rotatable bonds is 7. The normalized spacial score (nSPS) is 11.5. The molecule has 1 aliphatic rings. The molecule has 0 amide bonds. The zero-order valence-electron chi connectivity index (χ0n) is 44.5. The SMILES string of the molecule is C.C/C=C\C=C/C.CC.CC.CN1CC=Cc2oc3ccc(-n4c5ccccc5c5ccc(-c6cccc(-c7ccc8[nH]c9ccccc9c8c7)c6)cc54)nc3c21.N=C(/C=C(\N)c1ccccc1)c1ccccc1.[CH3-].[Y]. The van der Waals surface area contributed by atoms with Gasteiger partial charge in [-0.1, -0.05) is 199 Å². The van der Waals surface area contributed by atoms with Gasteiger partial charge in [0.25, 0.3) is 0 Å². The third kappa shape index (κ3) is 12.8. The molecule has 0 atom stereocenters. The number of allylic oxidation sites excluding steroid dienone is 5. The molecule has 7 aromatic carbocycles. The summed E-state index contributed by atoms with van der Waals surface area (Å²) in [6, 6.07) is 62.8. The molecule has 7 nitrogen and oxygen atoms in total. The summed E-state index contributed by atoms with van der Waals surface area (Å²) in [6.45, 7) is 12.8. The van der Waals surface area contributed by atoms with Crippen LogP contribution in [0.15, 0.2) is 223 Å². The minimum absolute atomic E-state index is 0. The fourth-order valence-corrected chi connectivity index (χ4v) is 9.08. The van der Waals surface area contributed by atoms with E-state index in [1.165, 1.54) is 43.8 Å². The largest absolute Gasteiger partial charge is 0.453 e. The molecule has 0 spiro atoms. The van der Waals surface area contributed by atoms with E-state index in [0.29, 0.717) is 11.4 Å². The Morgan fingerprint density at radius 1 is 0.605 bits per heavy atom. The predicted molar refractivity (Wildman–Crippen MR) is 328 cm³/mol. The van der Waals surface area contributed by atoms with Crippen LogP contribution in [0, 0.1) is 12.8 Å². The summed E-state index contributed by atoms with van der Waals surface area (Å²) in [4.78, 5) is 11.0. The number of hydrogen-bond acceptors (Lipinski definition) is 5. The number of nitrogens with zero attached hydrogens (tertiary/aromatic N) is 3. The van der Waals surface area contributed by atoms with Gasteiger partial charge in [-0.15, -0.1) is 0 Å². The van der Waals surface area contributed by atoms with E-state index in [2.05, 4.69) is 155 Å². The van der Waals surface area contributed by atoms with E-state index < -0.39 is 0 Å². The summed E-state index contributed by atoms with van der Waals surface area (Å²) in [6.07, 6.45) is 13.9. The smallest absolute Gasteiger partial charge is 0.155 e. The molecule has 0 saturated carbocycles. The van der Waals surface area contributed by atoms with Gasteiger partial charge < -0.3 is 32.9 Å². The van der Waals surface area contributed by atoms with E-state index in [9.17, 15) is 0 Å². The molecule has 0 aliphatic carbocycles. The van der Waals surface area contributed by atoms with Crippen molar-refractivity contribution in [2.75, 3.05) is 18.5 Å². The quantitative estimate of drug-likeness (QED) is 0.0841. The van der Waals surface area contributed by atoms with Crippen LogP contribution in [0.3, 0.4) is 0 Å². The van der Waals surface area contributed by atoms with Crippen LogP contribution >= 0.6 is 0 Å². The van der Waals surface area contributed by atoms with E-state index in [1.807, 2.05) is 127 Å². The molecule has 12 rings (SSSR count). The Morgan fingerprint density at radius 3 is 1.86 bits per heavy atom. The standard InChI is InChI=1S/C41H28N4O.C15H14N2.C6H10.2C2H6.CH4.CH3.Y/c1-44-21-7-14-38-41(44)40-37(46-38)19-20-39(43-40)45-35-13-5-3-11-30(35)31-17-15-28(24-36(31)45)26-9-6-8-25(22-26)27-16-18-34-32(23-27)29-10-2-4-12-33(29)42-34;16-14(12-7-3-1-4-8-12)11-15(17)13-9-5-2-6-10-13;1-3-5-6-4-2;2*1-2;;;/h2-20,22-24,42H,21H2,1H3;1-11,16H,17H2;3-6H,1-2H3;2*1-2H3;1H4;1H3;/q;;;;;;-1;/b;15-11-,16-14?;5-3-,6-4-;;;;;. The van der Waals surface area contributed by atoms with Crippen molar-refractivity contribution in [3.8, 4) is 28.1 Å². The number of hydrogen-bond donors (Lipinski definition) is 3. The van der Waals surface area contributed by atoms with Gasteiger partial charge in [-0.2, -0.15) is 0 Å². The Bertz CT molecular complexity index is 3770. The van der Waals surface area contributed by atoms with Crippen LogP contribution in [0.4, 0.5) is 5.69 Å². The van der Waals surface area contributed by atoms with Crippen LogP contribution < -0.4 is 10.6 Å². The topological polar surface area (TPSA) is 99.9 Å². The van der Waals surface area contributed by atoms with Crippen molar-refractivity contribution in [2.24, 2.45) is 5.73 Å². The Morgan fingerprint density at radius 2 is 1.17 bits per heavy atom. The van der Waals surface area contributed by atoms with Gasteiger partial charge in [0.2, 0.25) is 0 Å². The van der Waals surface area contributed by atoms with Crippen molar-refractivity contribution in [1.29, 1.82) is 5.41 Å². The second-order valence-electron chi connectivity index (χ2n) is 17.0. The summed E-state index contributed by atoms with van der Waals surface area (Å²) in [5.74, 6) is 1.74. The predicted octanol–water partition coefficient (Wildman–Crippen LogP) is 18.7. The average molecular weight is 1080 g/mol. The van der Waals surface area contributed by atoms with Gasteiger partial charge in [0.05, 0.1) is 16.7 Å². The van der Waals surface area contributed by atoms with Crippen LogP contribution in [-0.4, -0.2) is 33.8 Å². The Labute approximate surface area is 475 Å². The number of furan rings is 1. The summed E-state index contributed by atoms with van der Waals surface area (Å²) in [7, 11) is 2.09. The summed E-state index contributed by atoms with van der Waals surface area (Å²) < 4.78 is 8.46. The summed E-state index contributed by atoms with van der Waals surface area (Å²) >= 11 is 0. The maximum atomic E-state index is 7.95. The van der Waals surface area contributed by atoms with Crippen molar-refractivity contribution in [3.63, 3.8) is 0 Å². The molecule has 4 aromatic heterocycles. The van der Waals surface area contributed by atoms with E-state index in [4.69, 9.17) is 20.5 Å². The first kappa shape index (κ1) is 59.0. The third-order valence-corrected chi connectivity index (χ3v) is 12.5. The number of H-pyrrole nitrogens is 1. The monoisotopic (exact) mass is 1080 g/mol. The van der Waals surface area contributed by atoms with Gasteiger partial charge in [0, 0.05) is 84.6 Å². The molecule has 8 heteroatoms. The number of aromatic amines is 1. The van der Waals surface area contributed by atoms with Crippen molar-refractivity contribution in [2.45, 2.75) is 49.0 Å². The van der Waals surface area contributed by atoms with Crippen LogP contribution in [0.5, 0.6) is 0 Å². The number of nitrogens with one attached hydrogen (secondary N) is 2. The number of pyridine rings is 1. The molecule has 1 aliphatic heterocycles. The first-order valence-corrected chi connectivity index (χ1v) is 25.2. The molecule has 5 heterocycles. The van der Waals surface area contributed by atoms with Crippen LogP contribution in [-0.2, 0) is 32.7 Å². The van der Waals surface area contributed by atoms with Gasteiger partial charge in [-0.3, -0.25) is 4.57 Å². The fourth-order valence-electron chi connectivity index (χ4n) is 9.08. The first-order valence-electron chi connectivity index (χ1n) is 25.2. The van der Waals surface area contributed by atoms with Crippen LogP contribution in [0.1, 0.15) is 65.9 Å². The summed E-state index contributed by atoms with van der Waals surface area (Å²) in [5, 5.41) is 12.9. The zero-order chi connectivity index (χ0) is 51.3. The average Bonchev–Trinajstić information content (AvgIpc) is 4.15. The van der Waals surface area contributed by atoms with Gasteiger partial charge in [-0.05, 0) is 108 Å². The Hall–Kier alpha value is -7.84. The van der Waals surface area contributed by atoms with Crippen LogP contribution in [0.25, 0.3) is 94.6 Å². The molecule has 383 valence electrons. The maximum Gasteiger partial charge on any atom is 0.155 e. The summed E-state index contributed by atoms with van der Waals surface area (Å²) in [5.41, 5.74) is 20.9. The molecular weight excluding hydrogens is 1010 g/mol. The molecule has 11 aromatic rings. The van der Waals surface area contributed by atoms with Crippen molar-refractivity contribution in [1.82, 2.24) is 14.5 Å². The van der Waals surface area contributed by atoms with Crippen molar-refractivity contribution in [3.05, 3.63) is 243 Å². The first-order chi connectivity index (χ1) is 35.9. The molecular formula is C68H71N6OY-. The van der Waals surface area contributed by atoms with E-state index in [1.54, 1.807) is 6.08 Å². The number of para-hydroxylation sites is 2. The van der Waals surface area contributed by atoms with Crippen molar-refractivity contribution < 1.29 is 37.1 Å². The molecule has 0 bridgehead atoms. The van der Waals surface area contributed by atoms with Crippen molar-refractivity contribution >= 4 is 77.9 Å². The maximum absolute atomic E-state index is 7.95. The molecule has 1 radical (unpaired) electrons. The number of aromatic nitrogens is 3. The third-order valence-electron chi connectivity index (χ3n) is 12.5. The second kappa shape index (κ2) is 28.2. The molecule has 4 N–H and O–H groups in total. The van der Waals surface area contributed by atoms with Gasteiger partial charge in [0.1, 0.15) is 17.0 Å². The minimum Gasteiger partial charge on any atom is -0.453 e. The fraction of sp³-hybridized carbons (Fsp3) is 0.132. The number of anilines is 1. The number of likely N-dealkylation sites (N-methyl/N-ethyl adjacent to an activating group) is 1. The van der Waals surface area contributed by atoms with Gasteiger partial charge in [-0.25, -0.2) is 4.98 Å². The Kier molecular flexibility index (Phi) is 21.9. The molecule has 0 fully saturated rings. The van der Waals surface area contributed by atoms with E-state index in [0.717, 1.165) is 68.1 Å². The number of benzene rings is 7. The zero-order valence-corrected chi connectivity index (χ0v) is 47.3. The molecule has 76 heavy (non-hydrogen) atoms. The van der Waals surface area contributed by atoms with Gasteiger partial charge in [0.15, 0.2) is 11.3 Å². The number of nitrogens with two attached hydrogens (primary N) is 1. The van der Waals surface area contributed by atoms with Gasteiger partial charge >= 0.3 is 0 Å². The molecule has 0 unspecified atom stereocenters. The van der Waals surface area contributed by atoms with E-state index >= 15 is 0 Å². The number of fused-ring (bicyclic) bond motifs is 9. The molecule has 0 saturated heterocycles. The van der Waals surface area contributed by atoms with E-state index in [-0.39, 0.29) is 47.6 Å².